The van der Waals surface area contributed by atoms with E-state index in [1.54, 1.807) is 10.9 Å². The van der Waals surface area contributed by atoms with Crippen LogP contribution in [0.2, 0.25) is 0 Å². The monoisotopic (exact) mass is 349 g/mol. The number of carbonyl (C=O) groups excluding carboxylic acids is 1. The van der Waals surface area contributed by atoms with Crippen molar-refractivity contribution in [1.82, 2.24) is 25.1 Å². The lowest BCUT2D eigenvalue weighted by Gasteiger charge is -2.22. The zero-order valence-corrected chi connectivity index (χ0v) is 15.1. The molecule has 0 saturated carbocycles. The van der Waals surface area contributed by atoms with Gasteiger partial charge < -0.3 is 10.3 Å². The van der Waals surface area contributed by atoms with E-state index in [1.807, 2.05) is 32.2 Å². The molecule has 0 bridgehead atoms. The van der Waals surface area contributed by atoms with Gasteiger partial charge in [-0.1, -0.05) is 30.3 Å². The standard InChI is InChI=1S/C20H23N5O/c1-13-22-17-9-8-15(11-18(17)23-13)24-20(26)16-12-21-25(2)19(16)10-14-6-4-3-5-7-14/h3-7,12,15H,8-11H2,1-2H3,(H,22,23)(H,24,26). The highest BCUT2D eigenvalue weighted by molar-refractivity contribution is 5.95. The van der Waals surface area contributed by atoms with Crippen molar-refractivity contribution < 1.29 is 4.79 Å². The van der Waals surface area contributed by atoms with Crippen molar-refractivity contribution in [3.05, 3.63) is 70.6 Å². The number of carbonyl (C=O) groups is 1. The fraction of sp³-hybridized carbons (Fsp3) is 0.350. The first kappa shape index (κ1) is 16.6. The van der Waals surface area contributed by atoms with Crippen LogP contribution in [0.15, 0.2) is 36.5 Å². The number of nitrogens with one attached hydrogen (secondary N) is 2. The molecule has 0 fully saturated rings. The number of aryl methyl sites for hydroxylation is 3. The van der Waals surface area contributed by atoms with Gasteiger partial charge in [0.25, 0.3) is 5.91 Å². The molecule has 1 unspecified atom stereocenters. The Morgan fingerprint density at radius 2 is 2.15 bits per heavy atom. The van der Waals surface area contributed by atoms with Gasteiger partial charge in [0.15, 0.2) is 0 Å². The Balaban J connectivity index is 1.49. The summed E-state index contributed by atoms with van der Waals surface area (Å²) in [5.41, 5.74) is 5.04. The van der Waals surface area contributed by atoms with Crippen molar-refractivity contribution in [3.63, 3.8) is 0 Å². The zero-order chi connectivity index (χ0) is 18.1. The molecule has 3 aromatic rings. The van der Waals surface area contributed by atoms with Gasteiger partial charge >= 0.3 is 0 Å². The molecule has 0 spiro atoms. The molecule has 1 amide bonds. The number of nitrogens with zero attached hydrogens (tertiary/aromatic N) is 3. The van der Waals surface area contributed by atoms with Crippen molar-refractivity contribution in [2.24, 2.45) is 7.05 Å². The van der Waals surface area contributed by atoms with Crippen molar-refractivity contribution >= 4 is 5.91 Å². The SMILES string of the molecule is Cc1nc2c([nH]1)CC(NC(=O)c1cnn(C)c1Cc1ccccc1)CC2. The predicted molar refractivity (Wildman–Crippen MR) is 99.1 cm³/mol. The van der Waals surface area contributed by atoms with E-state index in [0.29, 0.717) is 12.0 Å². The molecule has 2 aromatic heterocycles. The topological polar surface area (TPSA) is 75.6 Å². The van der Waals surface area contributed by atoms with Crippen LogP contribution in [-0.4, -0.2) is 31.7 Å². The number of H-pyrrole nitrogens is 1. The number of rotatable bonds is 4. The maximum atomic E-state index is 12.9. The highest BCUT2D eigenvalue weighted by Gasteiger charge is 2.25. The zero-order valence-electron chi connectivity index (χ0n) is 15.1. The van der Waals surface area contributed by atoms with E-state index in [9.17, 15) is 4.79 Å². The van der Waals surface area contributed by atoms with Crippen LogP contribution >= 0.6 is 0 Å². The first-order valence-electron chi connectivity index (χ1n) is 9.00. The van der Waals surface area contributed by atoms with E-state index < -0.39 is 0 Å². The molecule has 1 atom stereocenters. The second kappa shape index (κ2) is 6.78. The van der Waals surface area contributed by atoms with Crippen LogP contribution in [0.5, 0.6) is 0 Å². The van der Waals surface area contributed by atoms with E-state index in [4.69, 9.17) is 0 Å². The van der Waals surface area contributed by atoms with Crippen molar-refractivity contribution in [2.75, 3.05) is 0 Å². The van der Waals surface area contributed by atoms with Gasteiger partial charge in [-0.2, -0.15) is 5.10 Å². The Kier molecular flexibility index (Phi) is 4.32. The largest absolute Gasteiger partial charge is 0.349 e. The van der Waals surface area contributed by atoms with Crippen molar-refractivity contribution in [3.8, 4) is 0 Å². The normalized spacial score (nSPS) is 16.3. The van der Waals surface area contributed by atoms with Gasteiger partial charge in [0.05, 0.1) is 23.1 Å². The molecular formula is C20H23N5O. The molecule has 1 aliphatic carbocycles. The summed E-state index contributed by atoms with van der Waals surface area (Å²) in [5, 5.41) is 7.49. The minimum absolute atomic E-state index is 0.0475. The molecule has 1 aromatic carbocycles. The molecule has 0 radical (unpaired) electrons. The Hall–Kier alpha value is -2.89. The highest BCUT2D eigenvalue weighted by atomic mass is 16.1. The van der Waals surface area contributed by atoms with Crippen molar-refractivity contribution in [1.29, 1.82) is 0 Å². The van der Waals surface area contributed by atoms with Gasteiger partial charge in [-0.15, -0.1) is 0 Å². The number of imidazole rings is 1. The van der Waals surface area contributed by atoms with Crippen LogP contribution in [0, 0.1) is 6.92 Å². The summed E-state index contributed by atoms with van der Waals surface area (Å²) < 4.78 is 1.79. The van der Waals surface area contributed by atoms with E-state index in [1.165, 1.54) is 5.56 Å². The van der Waals surface area contributed by atoms with E-state index in [0.717, 1.165) is 42.2 Å². The van der Waals surface area contributed by atoms with E-state index >= 15 is 0 Å². The first-order chi connectivity index (χ1) is 12.6. The fourth-order valence-corrected chi connectivity index (χ4v) is 3.66. The van der Waals surface area contributed by atoms with Gasteiger partial charge in [0.2, 0.25) is 0 Å². The van der Waals surface area contributed by atoms with Gasteiger partial charge in [-0.25, -0.2) is 4.98 Å². The minimum atomic E-state index is -0.0475. The number of amides is 1. The number of benzene rings is 1. The molecule has 6 heteroatoms. The van der Waals surface area contributed by atoms with Gasteiger partial charge in [-0.3, -0.25) is 9.48 Å². The molecule has 26 heavy (non-hydrogen) atoms. The molecule has 4 rings (SSSR count). The summed E-state index contributed by atoms with van der Waals surface area (Å²) >= 11 is 0. The van der Waals surface area contributed by atoms with Gasteiger partial charge in [0.1, 0.15) is 5.82 Å². The van der Waals surface area contributed by atoms with E-state index in [-0.39, 0.29) is 11.9 Å². The Morgan fingerprint density at radius 3 is 2.96 bits per heavy atom. The lowest BCUT2D eigenvalue weighted by Crippen LogP contribution is -2.39. The third-order valence-corrected chi connectivity index (χ3v) is 5.02. The third-order valence-electron chi connectivity index (χ3n) is 5.02. The van der Waals surface area contributed by atoms with Crippen molar-refractivity contribution in [2.45, 2.75) is 38.6 Å². The van der Waals surface area contributed by atoms with Crippen LogP contribution < -0.4 is 5.32 Å². The second-order valence-electron chi connectivity index (χ2n) is 6.95. The number of aromatic nitrogens is 4. The summed E-state index contributed by atoms with van der Waals surface area (Å²) in [5.74, 6) is 0.896. The van der Waals surface area contributed by atoms with Gasteiger partial charge in [0, 0.05) is 31.6 Å². The summed E-state index contributed by atoms with van der Waals surface area (Å²) in [6.07, 6.45) is 4.97. The van der Waals surface area contributed by atoms with Crippen LogP contribution in [0.1, 0.15) is 45.2 Å². The molecule has 2 N–H and O–H groups in total. The number of hydrogen-bond donors (Lipinski definition) is 2. The smallest absolute Gasteiger partial charge is 0.254 e. The molecule has 134 valence electrons. The molecule has 6 nitrogen and oxygen atoms in total. The Morgan fingerprint density at radius 1 is 1.35 bits per heavy atom. The molecule has 0 aliphatic heterocycles. The summed E-state index contributed by atoms with van der Waals surface area (Å²) in [6.45, 7) is 1.97. The first-order valence-corrected chi connectivity index (χ1v) is 9.00. The quantitative estimate of drug-likeness (QED) is 0.759. The van der Waals surface area contributed by atoms with Crippen LogP contribution in [0.3, 0.4) is 0 Å². The van der Waals surface area contributed by atoms with Crippen LogP contribution in [-0.2, 0) is 26.3 Å². The summed E-state index contributed by atoms with van der Waals surface area (Å²) in [4.78, 5) is 20.7. The number of fused-ring (bicyclic) bond motifs is 1. The average molecular weight is 349 g/mol. The maximum absolute atomic E-state index is 12.9. The van der Waals surface area contributed by atoms with Crippen LogP contribution in [0.4, 0.5) is 0 Å². The third kappa shape index (κ3) is 3.27. The second-order valence-corrected chi connectivity index (χ2v) is 6.95. The van der Waals surface area contributed by atoms with Gasteiger partial charge in [-0.05, 0) is 25.3 Å². The number of hydrogen-bond acceptors (Lipinski definition) is 3. The Bertz CT molecular complexity index is 925. The molecule has 0 saturated heterocycles. The maximum Gasteiger partial charge on any atom is 0.254 e. The lowest BCUT2D eigenvalue weighted by molar-refractivity contribution is 0.0932. The lowest BCUT2D eigenvalue weighted by atomic mass is 9.95. The summed E-state index contributed by atoms with van der Waals surface area (Å²) in [6, 6.07) is 10.3. The predicted octanol–water partition coefficient (Wildman–Crippen LogP) is 2.33. The van der Waals surface area contributed by atoms with Crippen LogP contribution in [0.25, 0.3) is 0 Å². The fourth-order valence-electron chi connectivity index (χ4n) is 3.66. The van der Waals surface area contributed by atoms with E-state index in [2.05, 4.69) is 32.5 Å². The highest BCUT2D eigenvalue weighted by Crippen LogP contribution is 2.20. The average Bonchev–Trinajstić information content (AvgIpc) is 3.17. The Labute approximate surface area is 152 Å². The minimum Gasteiger partial charge on any atom is -0.349 e. The molecular weight excluding hydrogens is 326 g/mol. The number of aromatic amines is 1. The summed E-state index contributed by atoms with van der Waals surface area (Å²) in [7, 11) is 1.88. The molecule has 2 heterocycles. The molecule has 1 aliphatic rings.